The summed E-state index contributed by atoms with van der Waals surface area (Å²) in [6.07, 6.45) is 2.76. The number of nitrogens with zero attached hydrogens (tertiary/aromatic N) is 1. The Hall–Kier alpha value is -2.03. The van der Waals surface area contributed by atoms with E-state index < -0.39 is 0 Å². The van der Waals surface area contributed by atoms with Crippen molar-refractivity contribution in [1.29, 1.82) is 0 Å². The third-order valence-corrected chi connectivity index (χ3v) is 2.75. The Morgan fingerprint density at radius 1 is 1.12 bits per heavy atom. The van der Waals surface area contributed by atoms with Gasteiger partial charge < -0.3 is 11.1 Å². The molecule has 0 aliphatic heterocycles. The SMILES string of the molecule is CCc1ccc(CNc2cccnc2N)cc1. The summed E-state index contributed by atoms with van der Waals surface area (Å²) in [6.45, 7) is 2.92. The maximum absolute atomic E-state index is 5.76. The highest BCUT2D eigenvalue weighted by Gasteiger charge is 1.98. The fraction of sp³-hybridized carbons (Fsp3) is 0.214. The highest BCUT2D eigenvalue weighted by Crippen LogP contribution is 2.15. The Labute approximate surface area is 102 Å². The van der Waals surface area contributed by atoms with Crippen molar-refractivity contribution in [3.63, 3.8) is 0 Å². The lowest BCUT2D eigenvalue weighted by Gasteiger charge is -2.08. The van der Waals surface area contributed by atoms with Gasteiger partial charge >= 0.3 is 0 Å². The summed E-state index contributed by atoms with van der Waals surface area (Å²) < 4.78 is 0. The Morgan fingerprint density at radius 3 is 2.47 bits per heavy atom. The molecular weight excluding hydrogens is 210 g/mol. The number of anilines is 2. The van der Waals surface area contributed by atoms with Crippen LogP contribution in [0.1, 0.15) is 18.1 Å². The van der Waals surface area contributed by atoms with Crippen LogP contribution >= 0.6 is 0 Å². The van der Waals surface area contributed by atoms with Gasteiger partial charge in [0.15, 0.2) is 0 Å². The van der Waals surface area contributed by atoms with Gasteiger partial charge in [0.25, 0.3) is 0 Å². The zero-order valence-corrected chi connectivity index (χ0v) is 9.98. The summed E-state index contributed by atoms with van der Waals surface area (Å²) in [4.78, 5) is 4.03. The van der Waals surface area contributed by atoms with Gasteiger partial charge in [-0.3, -0.25) is 0 Å². The molecule has 1 heterocycles. The summed E-state index contributed by atoms with van der Waals surface area (Å²) in [5.41, 5.74) is 9.24. The number of nitrogens with one attached hydrogen (secondary N) is 1. The number of hydrogen-bond donors (Lipinski definition) is 2. The average molecular weight is 227 g/mol. The molecule has 0 bridgehead atoms. The van der Waals surface area contributed by atoms with E-state index in [0.717, 1.165) is 18.7 Å². The van der Waals surface area contributed by atoms with Crippen molar-refractivity contribution in [3.05, 3.63) is 53.7 Å². The van der Waals surface area contributed by atoms with Crippen LogP contribution in [0.3, 0.4) is 0 Å². The predicted octanol–water partition coefficient (Wildman–Crippen LogP) is 2.84. The molecule has 0 aliphatic carbocycles. The molecule has 88 valence electrons. The van der Waals surface area contributed by atoms with Crippen LogP contribution in [0.5, 0.6) is 0 Å². The van der Waals surface area contributed by atoms with Gasteiger partial charge in [0.05, 0.1) is 5.69 Å². The highest BCUT2D eigenvalue weighted by atomic mass is 14.9. The summed E-state index contributed by atoms with van der Waals surface area (Å²) in [5.74, 6) is 0.540. The van der Waals surface area contributed by atoms with Gasteiger partial charge in [-0.05, 0) is 29.7 Å². The molecule has 3 heteroatoms. The van der Waals surface area contributed by atoms with E-state index in [9.17, 15) is 0 Å². The van der Waals surface area contributed by atoms with E-state index in [0.29, 0.717) is 5.82 Å². The zero-order chi connectivity index (χ0) is 12.1. The van der Waals surface area contributed by atoms with Gasteiger partial charge in [-0.1, -0.05) is 31.2 Å². The van der Waals surface area contributed by atoms with Crippen molar-refractivity contribution in [2.45, 2.75) is 19.9 Å². The molecule has 0 aliphatic rings. The Bertz CT molecular complexity index is 477. The van der Waals surface area contributed by atoms with Gasteiger partial charge in [0.1, 0.15) is 5.82 Å². The molecule has 3 nitrogen and oxygen atoms in total. The van der Waals surface area contributed by atoms with Crippen LogP contribution in [0, 0.1) is 0 Å². The average Bonchev–Trinajstić information content (AvgIpc) is 2.38. The van der Waals surface area contributed by atoms with E-state index >= 15 is 0 Å². The van der Waals surface area contributed by atoms with Crippen molar-refractivity contribution in [1.82, 2.24) is 4.98 Å². The molecule has 0 radical (unpaired) electrons. The normalized spacial score (nSPS) is 10.2. The summed E-state index contributed by atoms with van der Waals surface area (Å²) in [5, 5.41) is 3.28. The first-order chi connectivity index (χ1) is 8.29. The first-order valence-electron chi connectivity index (χ1n) is 5.81. The molecule has 0 atom stereocenters. The minimum atomic E-state index is 0.540. The number of rotatable bonds is 4. The van der Waals surface area contributed by atoms with E-state index in [-0.39, 0.29) is 0 Å². The van der Waals surface area contributed by atoms with E-state index in [4.69, 9.17) is 5.73 Å². The summed E-state index contributed by atoms with van der Waals surface area (Å²) in [6, 6.07) is 12.4. The molecule has 2 rings (SSSR count). The molecular formula is C14H17N3. The second kappa shape index (κ2) is 5.34. The monoisotopic (exact) mass is 227 g/mol. The van der Waals surface area contributed by atoms with Crippen LogP contribution < -0.4 is 11.1 Å². The van der Waals surface area contributed by atoms with E-state index in [1.165, 1.54) is 11.1 Å². The van der Waals surface area contributed by atoms with E-state index in [1.807, 2.05) is 12.1 Å². The van der Waals surface area contributed by atoms with Gasteiger partial charge in [-0.15, -0.1) is 0 Å². The van der Waals surface area contributed by atoms with E-state index in [2.05, 4.69) is 41.5 Å². The lowest BCUT2D eigenvalue weighted by Crippen LogP contribution is -2.03. The number of aryl methyl sites for hydroxylation is 1. The second-order valence-electron chi connectivity index (χ2n) is 3.96. The first kappa shape index (κ1) is 11.5. The number of aromatic nitrogens is 1. The maximum atomic E-state index is 5.76. The molecule has 0 amide bonds. The van der Waals surface area contributed by atoms with Crippen LogP contribution in [0.25, 0.3) is 0 Å². The Morgan fingerprint density at radius 2 is 1.82 bits per heavy atom. The van der Waals surface area contributed by atoms with Crippen molar-refractivity contribution in [2.75, 3.05) is 11.1 Å². The largest absolute Gasteiger partial charge is 0.382 e. The summed E-state index contributed by atoms with van der Waals surface area (Å²) in [7, 11) is 0. The van der Waals surface area contributed by atoms with Crippen molar-refractivity contribution in [3.8, 4) is 0 Å². The number of nitrogen functional groups attached to an aromatic ring is 1. The van der Waals surface area contributed by atoms with Crippen LogP contribution in [0.2, 0.25) is 0 Å². The fourth-order valence-corrected chi connectivity index (χ4v) is 1.66. The number of pyridine rings is 1. The molecule has 1 aromatic heterocycles. The highest BCUT2D eigenvalue weighted by molar-refractivity contribution is 5.60. The molecule has 1 aromatic carbocycles. The fourth-order valence-electron chi connectivity index (χ4n) is 1.66. The van der Waals surface area contributed by atoms with Crippen LogP contribution in [-0.2, 0) is 13.0 Å². The molecule has 2 aromatic rings. The number of nitrogens with two attached hydrogens (primary N) is 1. The van der Waals surface area contributed by atoms with Gasteiger partial charge in [-0.25, -0.2) is 4.98 Å². The van der Waals surface area contributed by atoms with Crippen molar-refractivity contribution >= 4 is 11.5 Å². The Balaban J connectivity index is 2.00. The van der Waals surface area contributed by atoms with Crippen molar-refractivity contribution in [2.24, 2.45) is 0 Å². The topological polar surface area (TPSA) is 50.9 Å². The van der Waals surface area contributed by atoms with Crippen molar-refractivity contribution < 1.29 is 0 Å². The van der Waals surface area contributed by atoms with Crippen LogP contribution in [0.15, 0.2) is 42.6 Å². The third kappa shape index (κ3) is 2.97. The molecule has 0 unspecified atom stereocenters. The van der Waals surface area contributed by atoms with Gasteiger partial charge in [0.2, 0.25) is 0 Å². The smallest absolute Gasteiger partial charge is 0.146 e. The molecule has 0 saturated heterocycles. The maximum Gasteiger partial charge on any atom is 0.146 e. The number of hydrogen-bond acceptors (Lipinski definition) is 3. The standard InChI is InChI=1S/C14H17N3/c1-2-11-5-7-12(8-6-11)10-17-13-4-3-9-16-14(13)15/h3-9,17H,2,10H2,1H3,(H2,15,16). The first-order valence-corrected chi connectivity index (χ1v) is 5.81. The lowest BCUT2D eigenvalue weighted by atomic mass is 10.1. The zero-order valence-electron chi connectivity index (χ0n) is 9.98. The lowest BCUT2D eigenvalue weighted by molar-refractivity contribution is 1.10. The van der Waals surface area contributed by atoms with E-state index in [1.54, 1.807) is 6.20 Å². The molecule has 0 spiro atoms. The minimum absolute atomic E-state index is 0.540. The van der Waals surface area contributed by atoms with Crippen LogP contribution in [-0.4, -0.2) is 4.98 Å². The van der Waals surface area contributed by atoms with Gasteiger partial charge in [-0.2, -0.15) is 0 Å². The minimum Gasteiger partial charge on any atom is -0.382 e. The molecule has 3 N–H and O–H groups in total. The van der Waals surface area contributed by atoms with Gasteiger partial charge in [0, 0.05) is 12.7 Å². The molecule has 0 saturated carbocycles. The quantitative estimate of drug-likeness (QED) is 0.844. The molecule has 17 heavy (non-hydrogen) atoms. The second-order valence-corrected chi connectivity index (χ2v) is 3.96. The number of benzene rings is 1. The predicted molar refractivity (Wildman–Crippen MR) is 71.8 cm³/mol. The van der Waals surface area contributed by atoms with Crippen LogP contribution in [0.4, 0.5) is 11.5 Å². The molecule has 0 fully saturated rings. The third-order valence-electron chi connectivity index (χ3n) is 2.75. The Kier molecular flexibility index (Phi) is 3.60. The summed E-state index contributed by atoms with van der Waals surface area (Å²) >= 11 is 0.